The molecule has 126 valence electrons. The Labute approximate surface area is 139 Å². The molecule has 1 fully saturated rings. The molecule has 0 unspecified atom stereocenters. The molecule has 24 heavy (non-hydrogen) atoms. The maximum Gasteiger partial charge on any atom is 0.257 e. The fourth-order valence-corrected chi connectivity index (χ4v) is 2.99. The summed E-state index contributed by atoms with van der Waals surface area (Å²) in [7, 11) is 0. The van der Waals surface area contributed by atoms with E-state index in [0.717, 1.165) is 43.8 Å². The second kappa shape index (κ2) is 7.38. The maximum absolute atomic E-state index is 13.6. The summed E-state index contributed by atoms with van der Waals surface area (Å²) in [5.41, 5.74) is 0.632. The number of aromatic nitrogens is 1. The standard InChI is InChI=1S/C18H19F2N3O/c19-15-2-1-3-16(20)17(15)18(24)22-12-13-6-10-23(11-7-13)14-4-8-21-9-5-14/h1-5,8-9,13H,6-7,10-12H2,(H,22,24). The number of halogens is 2. The van der Waals surface area contributed by atoms with Gasteiger partial charge in [0.1, 0.15) is 17.2 Å². The first-order valence-electron chi connectivity index (χ1n) is 8.02. The zero-order valence-electron chi connectivity index (χ0n) is 13.2. The van der Waals surface area contributed by atoms with Crippen LogP contribution in [0, 0.1) is 17.6 Å². The number of anilines is 1. The number of rotatable bonds is 4. The van der Waals surface area contributed by atoms with Gasteiger partial charge >= 0.3 is 0 Å². The van der Waals surface area contributed by atoms with Gasteiger partial charge in [0.25, 0.3) is 5.91 Å². The number of hydrogen-bond acceptors (Lipinski definition) is 3. The number of hydrogen-bond donors (Lipinski definition) is 1. The number of nitrogens with zero attached hydrogens (tertiary/aromatic N) is 2. The van der Waals surface area contributed by atoms with Crippen LogP contribution in [0.1, 0.15) is 23.2 Å². The molecule has 0 spiro atoms. The summed E-state index contributed by atoms with van der Waals surface area (Å²) >= 11 is 0. The van der Waals surface area contributed by atoms with E-state index in [9.17, 15) is 13.6 Å². The average Bonchev–Trinajstić information content (AvgIpc) is 2.61. The molecule has 6 heteroatoms. The van der Waals surface area contributed by atoms with Crippen LogP contribution in [0.15, 0.2) is 42.7 Å². The zero-order valence-corrected chi connectivity index (χ0v) is 13.2. The van der Waals surface area contributed by atoms with Gasteiger partial charge in [0.05, 0.1) is 0 Å². The third-order valence-electron chi connectivity index (χ3n) is 4.38. The molecule has 1 aliphatic rings. The van der Waals surface area contributed by atoms with Crippen molar-refractivity contribution < 1.29 is 13.6 Å². The Bertz CT molecular complexity index is 680. The fourth-order valence-electron chi connectivity index (χ4n) is 2.99. The minimum absolute atomic E-state index is 0.307. The summed E-state index contributed by atoms with van der Waals surface area (Å²) in [6.07, 6.45) is 5.37. The third kappa shape index (κ3) is 3.69. The number of piperidine rings is 1. The highest BCUT2D eigenvalue weighted by Crippen LogP contribution is 2.22. The maximum atomic E-state index is 13.6. The van der Waals surface area contributed by atoms with Gasteiger partial charge in [0.2, 0.25) is 0 Å². The van der Waals surface area contributed by atoms with E-state index in [1.54, 1.807) is 12.4 Å². The molecular weight excluding hydrogens is 312 g/mol. The van der Waals surface area contributed by atoms with E-state index >= 15 is 0 Å². The minimum atomic E-state index is -0.833. The van der Waals surface area contributed by atoms with Crippen LogP contribution >= 0.6 is 0 Å². The highest BCUT2D eigenvalue weighted by atomic mass is 19.1. The number of carbonyl (C=O) groups excluding carboxylic acids is 1. The van der Waals surface area contributed by atoms with E-state index in [4.69, 9.17) is 0 Å². The molecule has 1 aromatic heterocycles. The molecule has 1 N–H and O–H groups in total. The summed E-state index contributed by atoms with van der Waals surface area (Å²) in [6, 6.07) is 7.37. The Morgan fingerprint density at radius 1 is 1.12 bits per heavy atom. The lowest BCUT2D eigenvalue weighted by atomic mass is 9.96. The topological polar surface area (TPSA) is 45.2 Å². The number of benzene rings is 1. The fraction of sp³-hybridized carbons (Fsp3) is 0.333. The zero-order chi connectivity index (χ0) is 16.9. The van der Waals surface area contributed by atoms with E-state index < -0.39 is 23.1 Å². The SMILES string of the molecule is O=C(NCC1CCN(c2ccncc2)CC1)c1c(F)cccc1F. The quantitative estimate of drug-likeness (QED) is 0.937. The van der Waals surface area contributed by atoms with E-state index in [-0.39, 0.29) is 0 Å². The average molecular weight is 331 g/mol. The molecule has 0 saturated carbocycles. The van der Waals surface area contributed by atoms with Gasteiger partial charge in [-0.2, -0.15) is 0 Å². The van der Waals surface area contributed by atoms with Gasteiger partial charge in [-0.15, -0.1) is 0 Å². The van der Waals surface area contributed by atoms with Crippen LogP contribution in [-0.2, 0) is 0 Å². The second-order valence-corrected chi connectivity index (χ2v) is 5.94. The number of pyridine rings is 1. The first-order valence-corrected chi connectivity index (χ1v) is 8.02. The van der Waals surface area contributed by atoms with E-state index in [1.807, 2.05) is 12.1 Å². The molecule has 1 aromatic carbocycles. The van der Waals surface area contributed by atoms with Gasteiger partial charge in [-0.25, -0.2) is 8.78 Å². The normalized spacial score (nSPS) is 15.3. The highest BCUT2D eigenvalue weighted by Gasteiger charge is 2.22. The summed E-state index contributed by atoms with van der Waals surface area (Å²) < 4.78 is 27.2. The predicted octanol–water partition coefficient (Wildman–Crippen LogP) is 3.01. The molecule has 0 radical (unpaired) electrons. The number of carbonyl (C=O) groups is 1. The van der Waals surface area contributed by atoms with Crippen LogP contribution in [0.2, 0.25) is 0 Å². The molecule has 1 saturated heterocycles. The van der Waals surface area contributed by atoms with Gasteiger partial charge < -0.3 is 10.2 Å². The van der Waals surface area contributed by atoms with Crippen molar-refractivity contribution in [2.24, 2.45) is 5.92 Å². The minimum Gasteiger partial charge on any atom is -0.371 e. The van der Waals surface area contributed by atoms with Crippen LogP contribution in [-0.4, -0.2) is 30.5 Å². The van der Waals surface area contributed by atoms with Crippen molar-refractivity contribution in [2.45, 2.75) is 12.8 Å². The Hall–Kier alpha value is -2.50. The lowest BCUT2D eigenvalue weighted by Gasteiger charge is -2.33. The Kier molecular flexibility index (Phi) is 5.03. The lowest BCUT2D eigenvalue weighted by Crippen LogP contribution is -2.39. The smallest absolute Gasteiger partial charge is 0.257 e. The van der Waals surface area contributed by atoms with Crippen molar-refractivity contribution in [2.75, 3.05) is 24.5 Å². The Morgan fingerprint density at radius 3 is 2.38 bits per heavy atom. The van der Waals surface area contributed by atoms with Gasteiger partial charge in [-0.1, -0.05) is 6.07 Å². The molecule has 0 atom stereocenters. The summed E-state index contributed by atoms with van der Waals surface area (Å²) in [4.78, 5) is 18.3. The van der Waals surface area contributed by atoms with Crippen LogP contribution in [0.4, 0.5) is 14.5 Å². The molecule has 2 heterocycles. The molecule has 1 aliphatic heterocycles. The second-order valence-electron chi connectivity index (χ2n) is 5.94. The van der Waals surface area contributed by atoms with Gasteiger partial charge in [-0.05, 0) is 43.0 Å². The van der Waals surface area contributed by atoms with Crippen molar-refractivity contribution in [3.8, 4) is 0 Å². The molecule has 0 bridgehead atoms. The number of nitrogens with one attached hydrogen (secondary N) is 1. The van der Waals surface area contributed by atoms with Gasteiger partial charge in [0.15, 0.2) is 0 Å². The van der Waals surface area contributed by atoms with Crippen molar-refractivity contribution in [3.63, 3.8) is 0 Å². The predicted molar refractivity (Wildman–Crippen MR) is 87.9 cm³/mol. The van der Waals surface area contributed by atoms with Gasteiger partial charge in [-0.3, -0.25) is 9.78 Å². The van der Waals surface area contributed by atoms with Crippen LogP contribution < -0.4 is 10.2 Å². The molecule has 3 rings (SSSR count). The van der Waals surface area contributed by atoms with Crippen molar-refractivity contribution >= 4 is 11.6 Å². The van der Waals surface area contributed by atoms with Crippen molar-refractivity contribution in [1.82, 2.24) is 10.3 Å². The van der Waals surface area contributed by atoms with E-state index in [0.29, 0.717) is 12.5 Å². The first-order chi connectivity index (χ1) is 11.6. The summed E-state index contributed by atoms with van der Waals surface area (Å²) in [5, 5.41) is 2.66. The summed E-state index contributed by atoms with van der Waals surface area (Å²) in [6.45, 7) is 2.20. The molecular formula is C18H19F2N3O. The summed E-state index contributed by atoms with van der Waals surface area (Å²) in [5.74, 6) is -2.05. The Morgan fingerprint density at radius 2 is 1.75 bits per heavy atom. The molecule has 2 aromatic rings. The largest absolute Gasteiger partial charge is 0.371 e. The van der Waals surface area contributed by atoms with Crippen LogP contribution in [0.3, 0.4) is 0 Å². The Balaban J connectivity index is 1.51. The van der Waals surface area contributed by atoms with Crippen molar-refractivity contribution in [3.05, 3.63) is 59.9 Å². The monoisotopic (exact) mass is 331 g/mol. The van der Waals surface area contributed by atoms with E-state index in [1.165, 1.54) is 6.07 Å². The number of amides is 1. The van der Waals surface area contributed by atoms with E-state index in [2.05, 4.69) is 15.2 Å². The lowest BCUT2D eigenvalue weighted by molar-refractivity contribution is 0.0936. The first kappa shape index (κ1) is 16.4. The van der Waals surface area contributed by atoms with Crippen molar-refractivity contribution in [1.29, 1.82) is 0 Å². The highest BCUT2D eigenvalue weighted by molar-refractivity contribution is 5.94. The van der Waals surface area contributed by atoms with Crippen LogP contribution in [0.5, 0.6) is 0 Å². The molecule has 0 aliphatic carbocycles. The van der Waals surface area contributed by atoms with Gasteiger partial charge in [0, 0.05) is 37.7 Å². The third-order valence-corrected chi connectivity index (χ3v) is 4.38. The molecule has 4 nitrogen and oxygen atoms in total. The molecule has 1 amide bonds. The van der Waals surface area contributed by atoms with Crippen LogP contribution in [0.25, 0.3) is 0 Å².